The molecule has 8 heteroatoms. The van der Waals surface area contributed by atoms with Crippen molar-refractivity contribution in [2.24, 2.45) is 0 Å². The molecule has 0 aliphatic carbocycles. The van der Waals surface area contributed by atoms with Gasteiger partial charge in [0.1, 0.15) is 10.8 Å². The summed E-state index contributed by atoms with van der Waals surface area (Å²) in [7, 11) is 0. The lowest BCUT2D eigenvalue weighted by molar-refractivity contribution is -0.140. The number of rotatable bonds is 2. The minimum atomic E-state index is -4.96. The molecule has 0 fully saturated rings. The maximum atomic E-state index is 12.5. The van der Waals surface area contributed by atoms with Crippen LogP contribution in [-0.4, -0.2) is 4.98 Å². The molecule has 0 spiro atoms. The summed E-state index contributed by atoms with van der Waals surface area (Å²) in [6.07, 6.45) is -8.79. The van der Waals surface area contributed by atoms with Crippen LogP contribution < -0.4 is 0 Å². The molecule has 2 nitrogen and oxygen atoms in total. The Kier molecular flexibility index (Phi) is 3.88. The van der Waals surface area contributed by atoms with E-state index in [0.717, 1.165) is 0 Å². The van der Waals surface area contributed by atoms with E-state index in [1.165, 1.54) is 0 Å². The zero-order valence-electron chi connectivity index (χ0n) is 8.02. The SMILES string of the molecule is N#CCc1cc(C(F)(F)F)c(C(F)F)nc1Cl. The molecule has 17 heavy (non-hydrogen) atoms. The Morgan fingerprint density at radius 2 is 2.00 bits per heavy atom. The number of nitrogens with zero attached hydrogens (tertiary/aromatic N) is 2. The summed E-state index contributed by atoms with van der Waals surface area (Å²) in [4.78, 5) is 3.00. The molecule has 0 aliphatic heterocycles. The van der Waals surface area contributed by atoms with Crippen LogP contribution in [0.4, 0.5) is 22.0 Å². The Bertz CT molecular complexity index is 464. The van der Waals surface area contributed by atoms with Crippen LogP contribution in [0.3, 0.4) is 0 Å². The van der Waals surface area contributed by atoms with Crippen LogP contribution in [0.25, 0.3) is 0 Å². The first-order valence-electron chi connectivity index (χ1n) is 4.19. The van der Waals surface area contributed by atoms with Crippen LogP contribution in [0.1, 0.15) is 23.2 Å². The quantitative estimate of drug-likeness (QED) is 0.606. The number of hydrogen-bond donors (Lipinski definition) is 0. The molecule has 0 aliphatic rings. The van der Waals surface area contributed by atoms with Gasteiger partial charge in [-0.1, -0.05) is 11.6 Å². The van der Waals surface area contributed by atoms with Gasteiger partial charge in [-0.15, -0.1) is 0 Å². The van der Waals surface area contributed by atoms with Crippen LogP contribution in [0.5, 0.6) is 0 Å². The highest BCUT2D eigenvalue weighted by Crippen LogP contribution is 2.37. The molecule has 0 saturated carbocycles. The highest BCUT2D eigenvalue weighted by atomic mass is 35.5. The third-order valence-electron chi connectivity index (χ3n) is 1.86. The highest BCUT2D eigenvalue weighted by molar-refractivity contribution is 6.30. The van der Waals surface area contributed by atoms with Gasteiger partial charge in [0.25, 0.3) is 6.43 Å². The summed E-state index contributed by atoms with van der Waals surface area (Å²) in [5.41, 5.74) is -3.22. The Hall–Kier alpha value is -1.42. The van der Waals surface area contributed by atoms with Crippen LogP contribution in [0, 0.1) is 11.3 Å². The first kappa shape index (κ1) is 13.6. The van der Waals surface area contributed by atoms with Gasteiger partial charge in [-0.05, 0) is 6.07 Å². The van der Waals surface area contributed by atoms with Crippen molar-refractivity contribution in [3.63, 3.8) is 0 Å². The van der Waals surface area contributed by atoms with Gasteiger partial charge in [-0.25, -0.2) is 13.8 Å². The summed E-state index contributed by atoms with van der Waals surface area (Å²) in [6.45, 7) is 0. The van der Waals surface area contributed by atoms with Crippen molar-refractivity contribution in [1.82, 2.24) is 4.98 Å². The number of nitriles is 1. The van der Waals surface area contributed by atoms with E-state index in [-0.39, 0.29) is 5.56 Å². The Morgan fingerprint density at radius 1 is 1.41 bits per heavy atom. The van der Waals surface area contributed by atoms with E-state index in [4.69, 9.17) is 16.9 Å². The topological polar surface area (TPSA) is 36.7 Å². The van der Waals surface area contributed by atoms with Crippen LogP contribution >= 0.6 is 11.6 Å². The van der Waals surface area contributed by atoms with Gasteiger partial charge in [0.05, 0.1) is 18.1 Å². The van der Waals surface area contributed by atoms with E-state index >= 15 is 0 Å². The molecular formula is C9H4ClF5N2. The Labute approximate surface area is 97.6 Å². The van der Waals surface area contributed by atoms with Gasteiger partial charge in [0.2, 0.25) is 0 Å². The molecule has 1 rings (SSSR count). The second-order valence-corrected chi connectivity index (χ2v) is 3.36. The number of aromatic nitrogens is 1. The van der Waals surface area contributed by atoms with Gasteiger partial charge >= 0.3 is 6.18 Å². The molecule has 0 N–H and O–H groups in total. The number of pyridine rings is 1. The molecule has 0 aromatic carbocycles. The average Bonchev–Trinajstić information content (AvgIpc) is 2.18. The van der Waals surface area contributed by atoms with Crippen molar-refractivity contribution in [2.75, 3.05) is 0 Å². The maximum Gasteiger partial charge on any atom is 0.418 e. The monoisotopic (exact) mass is 270 g/mol. The molecule has 1 aromatic rings. The fourth-order valence-corrected chi connectivity index (χ4v) is 1.36. The smallest absolute Gasteiger partial charge is 0.234 e. The lowest BCUT2D eigenvalue weighted by Gasteiger charge is -2.13. The van der Waals surface area contributed by atoms with Gasteiger partial charge in [-0.2, -0.15) is 18.4 Å². The third-order valence-corrected chi connectivity index (χ3v) is 2.19. The molecule has 0 bridgehead atoms. The van der Waals surface area contributed by atoms with Gasteiger partial charge in [0, 0.05) is 5.56 Å². The fourth-order valence-electron chi connectivity index (χ4n) is 1.15. The molecule has 0 radical (unpaired) electrons. The minimum Gasteiger partial charge on any atom is -0.234 e. The van der Waals surface area contributed by atoms with Crippen molar-refractivity contribution in [2.45, 2.75) is 19.0 Å². The Balaban J connectivity index is 3.44. The van der Waals surface area contributed by atoms with Crippen LogP contribution in [0.2, 0.25) is 5.15 Å². The molecule has 0 atom stereocenters. The second kappa shape index (κ2) is 4.84. The zero-order valence-corrected chi connectivity index (χ0v) is 8.78. The Morgan fingerprint density at radius 3 is 2.41 bits per heavy atom. The summed E-state index contributed by atoms with van der Waals surface area (Å²) < 4.78 is 62.1. The predicted octanol–water partition coefficient (Wildman–Crippen LogP) is 3.76. The van der Waals surface area contributed by atoms with Crippen molar-refractivity contribution in [3.05, 3.63) is 28.0 Å². The lowest BCUT2D eigenvalue weighted by atomic mass is 10.1. The summed E-state index contributed by atoms with van der Waals surface area (Å²) >= 11 is 5.41. The standard InChI is InChI=1S/C9H4ClF5N2/c10-7-4(1-2-16)3-5(9(13,14)15)6(17-7)8(11)12/h3,8H,1H2. The van der Waals surface area contributed by atoms with Gasteiger partial charge in [0.15, 0.2) is 0 Å². The second-order valence-electron chi connectivity index (χ2n) is 3.00. The van der Waals surface area contributed by atoms with Crippen molar-refractivity contribution >= 4 is 11.6 Å². The third kappa shape index (κ3) is 3.03. The molecule has 0 unspecified atom stereocenters. The van der Waals surface area contributed by atoms with E-state index in [1.807, 2.05) is 0 Å². The van der Waals surface area contributed by atoms with E-state index in [1.54, 1.807) is 6.07 Å². The van der Waals surface area contributed by atoms with Crippen LogP contribution in [0.15, 0.2) is 6.07 Å². The minimum absolute atomic E-state index is 0.231. The number of halogens is 6. The van der Waals surface area contributed by atoms with E-state index in [0.29, 0.717) is 6.07 Å². The first-order chi connectivity index (χ1) is 7.77. The molecule has 0 amide bonds. The average molecular weight is 271 g/mol. The van der Waals surface area contributed by atoms with Crippen molar-refractivity contribution in [3.8, 4) is 6.07 Å². The molecular weight excluding hydrogens is 267 g/mol. The molecule has 1 heterocycles. The molecule has 92 valence electrons. The number of alkyl halides is 5. The lowest BCUT2D eigenvalue weighted by Crippen LogP contribution is -2.12. The molecule has 1 aromatic heterocycles. The fraction of sp³-hybridized carbons (Fsp3) is 0.333. The number of hydrogen-bond acceptors (Lipinski definition) is 2. The van der Waals surface area contributed by atoms with E-state index in [2.05, 4.69) is 4.98 Å². The van der Waals surface area contributed by atoms with Gasteiger partial charge in [-0.3, -0.25) is 0 Å². The normalized spacial score (nSPS) is 11.6. The van der Waals surface area contributed by atoms with E-state index in [9.17, 15) is 22.0 Å². The zero-order chi connectivity index (χ0) is 13.2. The summed E-state index contributed by atoms with van der Waals surface area (Å²) in [6, 6.07) is 2.00. The van der Waals surface area contributed by atoms with Gasteiger partial charge < -0.3 is 0 Å². The first-order valence-corrected chi connectivity index (χ1v) is 4.56. The van der Waals surface area contributed by atoms with Crippen molar-refractivity contribution in [1.29, 1.82) is 5.26 Å². The predicted molar refractivity (Wildman–Crippen MR) is 48.5 cm³/mol. The summed E-state index contributed by atoms with van der Waals surface area (Å²) in [5.74, 6) is 0. The molecule has 0 saturated heterocycles. The highest BCUT2D eigenvalue weighted by Gasteiger charge is 2.37. The largest absolute Gasteiger partial charge is 0.418 e. The van der Waals surface area contributed by atoms with E-state index < -0.39 is 35.4 Å². The van der Waals surface area contributed by atoms with Crippen LogP contribution in [-0.2, 0) is 12.6 Å². The van der Waals surface area contributed by atoms with Crippen molar-refractivity contribution < 1.29 is 22.0 Å². The maximum absolute atomic E-state index is 12.5. The summed E-state index contributed by atoms with van der Waals surface area (Å²) in [5, 5.41) is 7.83.